The van der Waals surface area contributed by atoms with E-state index < -0.39 is 23.5 Å². The fourth-order valence-corrected chi connectivity index (χ4v) is 1.00. The van der Waals surface area contributed by atoms with Gasteiger partial charge >= 0.3 is 6.18 Å². The molecule has 0 saturated carbocycles. The molecule has 1 aromatic rings. The van der Waals surface area contributed by atoms with E-state index in [-0.39, 0.29) is 5.56 Å². The second-order valence-electron chi connectivity index (χ2n) is 2.73. The SMILES string of the molecule is COC(=N)c1ccc(F)c(C(F)(F)F)c1. The van der Waals surface area contributed by atoms with Crippen LogP contribution in [0.25, 0.3) is 0 Å². The fraction of sp³-hybridized carbons (Fsp3) is 0.222. The largest absolute Gasteiger partial charge is 0.481 e. The van der Waals surface area contributed by atoms with E-state index in [4.69, 9.17) is 5.41 Å². The Labute approximate surface area is 83.0 Å². The Morgan fingerprint density at radius 2 is 1.93 bits per heavy atom. The van der Waals surface area contributed by atoms with Gasteiger partial charge in [0.1, 0.15) is 5.82 Å². The average Bonchev–Trinajstić information content (AvgIpc) is 2.15. The monoisotopic (exact) mass is 221 g/mol. The molecule has 15 heavy (non-hydrogen) atoms. The molecule has 2 nitrogen and oxygen atoms in total. The van der Waals surface area contributed by atoms with Gasteiger partial charge in [0.2, 0.25) is 5.90 Å². The third kappa shape index (κ3) is 2.45. The van der Waals surface area contributed by atoms with Crippen LogP contribution in [0.1, 0.15) is 11.1 Å². The number of hydrogen-bond donors (Lipinski definition) is 1. The molecule has 0 unspecified atom stereocenters. The van der Waals surface area contributed by atoms with Crippen molar-refractivity contribution in [2.24, 2.45) is 0 Å². The molecule has 6 heteroatoms. The highest BCUT2D eigenvalue weighted by Crippen LogP contribution is 2.31. The molecular weight excluding hydrogens is 214 g/mol. The molecular formula is C9H7F4NO. The second kappa shape index (κ2) is 3.88. The van der Waals surface area contributed by atoms with Gasteiger partial charge in [-0.3, -0.25) is 5.41 Å². The van der Waals surface area contributed by atoms with E-state index in [0.29, 0.717) is 12.1 Å². The average molecular weight is 221 g/mol. The van der Waals surface area contributed by atoms with Crippen LogP contribution < -0.4 is 0 Å². The highest BCUT2D eigenvalue weighted by atomic mass is 19.4. The van der Waals surface area contributed by atoms with Crippen LogP contribution in [0.4, 0.5) is 17.6 Å². The third-order valence-electron chi connectivity index (χ3n) is 1.74. The lowest BCUT2D eigenvalue weighted by molar-refractivity contribution is -0.140. The van der Waals surface area contributed by atoms with Crippen molar-refractivity contribution < 1.29 is 22.3 Å². The first-order chi connectivity index (χ1) is 6.86. The Bertz CT molecular complexity index is 386. The number of benzene rings is 1. The van der Waals surface area contributed by atoms with Crippen molar-refractivity contribution in [3.05, 3.63) is 35.1 Å². The lowest BCUT2D eigenvalue weighted by Crippen LogP contribution is -2.11. The lowest BCUT2D eigenvalue weighted by atomic mass is 10.1. The number of halogens is 4. The van der Waals surface area contributed by atoms with E-state index in [2.05, 4.69) is 4.74 Å². The number of rotatable bonds is 1. The van der Waals surface area contributed by atoms with Crippen LogP contribution in [0.3, 0.4) is 0 Å². The summed E-state index contributed by atoms with van der Waals surface area (Å²) in [5, 5.41) is 7.14. The number of ether oxygens (including phenoxy) is 1. The van der Waals surface area contributed by atoms with Crippen molar-refractivity contribution in [1.82, 2.24) is 0 Å². The predicted octanol–water partition coefficient (Wildman–Crippen LogP) is 2.82. The predicted molar refractivity (Wildman–Crippen MR) is 45.2 cm³/mol. The topological polar surface area (TPSA) is 33.1 Å². The van der Waals surface area contributed by atoms with Crippen LogP contribution >= 0.6 is 0 Å². The molecule has 0 aromatic heterocycles. The maximum Gasteiger partial charge on any atom is 0.419 e. The van der Waals surface area contributed by atoms with Crippen molar-refractivity contribution in [1.29, 1.82) is 5.41 Å². The summed E-state index contributed by atoms with van der Waals surface area (Å²) in [5.41, 5.74) is -1.52. The van der Waals surface area contributed by atoms with E-state index in [1.807, 2.05) is 0 Å². The zero-order valence-electron chi connectivity index (χ0n) is 7.65. The lowest BCUT2D eigenvalue weighted by Gasteiger charge is -2.09. The summed E-state index contributed by atoms with van der Waals surface area (Å²) in [6.07, 6.45) is -4.77. The Balaban J connectivity index is 3.23. The molecule has 0 atom stereocenters. The van der Waals surface area contributed by atoms with E-state index in [9.17, 15) is 17.6 Å². The Kier molecular flexibility index (Phi) is 2.97. The molecule has 0 radical (unpaired) electrons. The first-order valence-corrected chi connectivity index (χ1v) is 3.86. The van der Waals surface area contributed by atoms with Gasteiger partial charge in [-0.05, 0) is 18.2 Å². The van der Waals surface area contributed by atoms with E-state index in [0.717, 1.165) is 13.2 Å². The van der Waals surface area contributed by atoms with Crippen LogP contribution in [0.5, 0.6) is 0 Å². The van der Waals surface area contributed by atoms with Crippen molar-refractivity contribution >= 4 is 5.90 Å². The fourth-order valence-electron chi connectivity index (χ4n) is 1.00. The Morgan fingerprint density at radius 3 is 2.40 bits per heavy atom. The summed E-state index contributed by atoms with van der Waals surface area (Å²) in [6, 6.07) is 2.25. The zero-order valence-corrected chi connectivity index (χ0v) is 7.65. The number of alkyl halides is 3. The summed E-state index contributed by atoms with van der Waals surface area (Å²) in [5.74, 6) is -1.81. The van der Waals surface area contributed by atoms with E-state index in [1.165, 1.54) is 0 Å². The van der Waals surface area contributed by atoms with Gasteiger partial charge in [0.05, 0.1) is 12.7 Å². The van der Waals surface area contributed by atoms with Crippen LogP contribution in [-0.2, 0) is 10.9 Å². The molecule has 0 heterocycles. The molecule has 0 spiro atoms. The van der Waals surface area contributed by atoms with Gasteiger partial charge in [-0.1, -0.05) is 0 Å². The number of hydrogen-bond acceptors (Lipinski definition) is 2. The first kappa shape index (κ1) is 11.5. The molecule has 82 valence electrons. The first-order valence-electron chi connectivity index (χ1n) is 3.86. The van der Waals surface area contributed by atoms with Gasteiger partial charge in [-0.25, -0.2) is 4.39 Å². The van der Waals surface area contributed by atoms with Gasteiger partial charge in [0, 0.05) is 5.56 Å². The van der Waals surface area contributed by atoms with E-state index >= 15 is 0 Å². The molecule has 1 rings (SSSR count). The Morgan fingerprint density at radius 1 is 1.33 bits per heavy atom. The minimum absolute atomic E-state index is 0.119. The zero-order chi connectivity index (χ0) is 11.6. The van der Waals surface area contributed by atoms with Crippen molar-refractivity contribution in [2.75, 3.05) is 7.11 Å². The van der Waals surface area contributed by atoms with Crippen molar-refractivity contribution in [3.63, 3.8) is 0 Å². The summed E-state index contributed by atoms with van der Waals surface area (Å²) in [7, 11) is 1.15. The molecule has 1 aromatic carbocycles. The van der Waals surface area contributed by atoms with Crippen LogP contribution in [0.15, 0.2) is 18.2 Å². The molecule has 0 amide bonds. The quantitative estimate of drug-likeness (QED) is 0.441. The molecule has 0 aliphatic heterocycles. The molecule has 0 fully saturated rings. The molecule has 0 bridgehead atoms. The summed E-state index contributed by atoms with van der Waals surface area (Å²) >= 11 is 0. The third-order valence-corrected chi connectivity index (χ3v) is 1.74. The standard InChI is InChI=1S/C9H7F4NO/c1-15-8(14)5-2-3-7(10)6(4-5)9(11,12)13/h2-4,14H,1H3. The summed E-state index contributed by atoms with van der Waals surface area (Å²) in [4.78, 5) is 0. The summed E-state index contributed by atoms with van der Waals surface area (Å²) in [6.45, 7) is 0. The van der Waals surface area contributed by atoms with Crippen LogP contribution in [0.2, 0.25) is 0 Å². The second-order valence-corrected chi connectivity index (χ2v) is 2.73. The maximum atomic E-state index is 12.8. The molecule has 1 N–H and O–H groups in total. The highest BCUT2D eigenvalue weighted by Gasteiger charge is 2.34. The van der Waals surface area contributed by atoms with Gasteiger partial charge in [0.25, 0.3) is 0 Å². The summed E-state index contributed by atoms with van der Waals surface area (Å²) < 4.78 is 54.0. The van der Waals surface area contributed by atoms with Crippen LogP contribution in [-0.4, -0.2) is 13.0 Å². The minimum atomic E-state index is -4.77. The van der Waals surface area contributed by atoms with E-state index in [1.54, 1.807) is 0 Å². The highest BCUT2D eigenvalue weighted by molar-refractivity contribution is 5.91. The molecule has 0 aliphatic carbocycles. The van der Waals surface area contributed by atoms with Gasteiger partial charge in [-0.15, -0.1) is 0 Å². The maximum absolute atomic E-state index is 12.8. The number of methoxy groups -OCH3 is 1. The smallest absolute Gasteiger partial charge is 0.419 e. The van der Waals surface area contributed by atoms with Crippen LogP contribution in [0, 0.1) is 11.2 Å². The molecule has 0 aliphatic rings. The molecule has 0 saturated heterocycles. The van der Waals surface area contributed by atoms with Gasteiger partial charge in [-0.2, -0.15) is 13.2 Å². The van der Waals surface area contributed by atoms with Gasteiger partial charge < -0.3 is 4.74 Å². The minimum Gasteiger partial charge on any atom is -0.481 e. The van der Waals surface area contributed by atoms with Crippen molar-refractivity contribution in [3.8, 4) is 0 Å². The Hall–Kier alpha value is -1.59. The van der Waals surface area contributed by atoms with Crippen molar-refractivity contribution in [2.45, 2.75) is 6.18 Å². The normalized spacial score (nSPS) is 11.3. The van der Waals surface area contributed by atoms with Gasteiger partial charge in [0.15, 0.2) is 0 Å². The number of nitrogens with one attached hydrogen (secondary N) is 1.